The summed E-state index contributed by atoms with van der Waals surface area (Å²) in [5.74, 6) is 0.667. The van der Waals surface area contributed by atoms with E-state index in [1.165, 1.54) is 0 Å². The van der Waals surface area contributed by atoms with Crippen molar-refractivity contribution < 1.29 is 4.52 Å². The molecule has 1 aromatic carbocycles. The second kappa shape index (κ2) is 6.02. The van der Waals surface area contributed by atoms with E-state index in [1.807, 2.05) is 31.2 Å². The van der Waals surface area contributed by atoms with E-state index in [1.54, 1.807) is 30.6 Å². The van der Waals surface area contributed by atoms with Crippen LogP contribution in [0.2, 0.25) is 0 Å². The predicted octanol–water partition coefficient (Wildman–Crippen LogP) is 3.50. The molecule has 0 unspecified atom stereocenters. The maximum absolute atomic E-state index is 9.30. The summed E-state index contributed by atoms with van der Waals surface area (Å²) in [5, 5.41) is 13.2. The van der Waals surface area contributed by atoms with Crippen molar-refractivity contribution >= 4 is 11.6 Å². The molecule has 0 bridgehead atoms. The Kier molecular flexibility index (Phi) is 3.75. The monoisotopic (exact) mass is 288 g/mol. The average Bonchev–Trinajstić information content (AvgIpc) is 3.04. The molecule has 0 atom stereocenters. The van der Waals surface area contributed by atoms with E-state index in [9.17, 15) is 5.26 Å². The van der Waals surface area contributed by atoms with Crippen molar-refractivity contribution in [1.82, 2.24) is 15.1 Å². The Hall–Kier alpha value is -3.26. The van der Waals surface area contributed by atoms with Crippen molar-refractivity contribution in [2.24, 2.45) is 0 Å². The number of hydrogen-bond acceptors (Lipinski definition) is 5. The van der Waals surface area contributed by atoms with E-state index in [2.05, 4.69) is 21.2 Å². The van der Waals surface area contributed by atoms with Crippen LogP contribution in [0.3, 0.4) is 0 Å². The number of hydrogen-bond donors (Lipinski definition) is 0. The van der Waals surface area contributed by atoms with Crippen LogP contribution in [0.25, 0.3) is 23.0 Å². The lowest BCUT2D eigenvalue weighted by molar-refractivity contribution is 0.409. The van der Waals surface area contributed by atoms with E-state index in [0.717, 1.165) is 16.7 Å². The third kappa shape index (κ3) is 2.91. The zero-order valence-electron chi connectivity index (χ0n) is 11.9. The summed E-state index contributed by atoms with van der Waals surface area (Å²) in [6, 6.07) is 13.5. The summed E-state index contributed by atoms with van der Waals surface area (Å²) < 4.78 is 5.21. The van der Waals surface area contributed by atoms with Crippen molar-refractivity contribution in [2.45, 2.75) is 6.92 Å². The minimum absolute atomic E-state index is 0.204. The van der Waals surface area contributed by atoms with Crippen molar-refractivity contribution in [3.63, 3.8) is 0 Å². The SMILES string of the molecule is Cc1ccc(-c2noc(/C(C#N)=C\c3ccncc3)n2)cc1. The number of nitrogens with zero attached hydrogens (tertiary/aromatic N) is 4. The second-order valence-corrected chi connectivity index (χ2v) is 4.74. The van der Waals surface area contributed by atoms with Gasteiger partial charge >= 0.3 is 0 Å². The second-order valence-electron chi connectivity index (χ2n) is 4.74. The summed E-state index contributed by atoms with van der Waals surface area (Å²) in [5.41, 5.74) is 3.17. The van der Waals surface area contributed by atoms with Gasteiger partial charge in [-0.05, 0) is 30.7 Å². The van der Waals surface area contributed by atoms with E-state index in [4.69, 9.17) is 4.52 Å². The molecule has 3 rings (SSSR count). The lowest BCUT2D eigenvalue weighted by Crippen LogP contribution is -1.84. The first-order valence-corrected chi connectivity index (χ1v) is 6.69. The molecule has 0 aliphatic carbocycles. The molecule has 0 aliphatic heterocycles. The number of pyridine rings is 1. The van der Waals surface area contributed by atoms with Crippen LogP contribution in [0.15, 0.2) is 53.3 Å². The third-order valence-corrected chi connectivity index (χ3v) is 3.10. The summed E-state index contributed by atoms with van der Waals surface area (Å²) in [6.45, 7) is 2.01. The molecule has 0 N–H and O–H groups in total. The number of benzene rings is 1. The molecule has 0 radical (unpaired) electrons. The Morgan fingerprint density at radius 3 is 2.55 bits per heavy atom. The summed E-state index contributed by atoms with van der Waals surface area (Å²) in [6.07, 6.45) is 5.01. The Labute approximate surface area is 127 Å². The van der Waals surface area contributed by atoms with Crippen LogP contribution in [0.1, 0.15) is 17.0 Å². The van der Waals surface area contributed by atoms with E-state index in [-0.39, 0.29) is 5.89 Å². The average molecular weight is 288 g/mol. The highest BCUT2D eigenvalue weighted by molar-refractivity contribution is 5.86. The molecule has 0 aliphatic rings. The van der Waals surface area contributed by atoms with Gasteiger partial charge in [-0.1, -0.05) is 35.0 Å². The Morgan fingerprint density at radius 2 is 1.86 bits per heavy atom. The van der Waals surface area contributed by atoms with Crippen LogP contribution < -0.4 is 0 Å². The van der Waals surface area contributed by atoms with E-state index >= 15 is 0 Å². The normalized spacial score (nSPS) is 11.2. The topological polar surface area (TPSA) is 75.6 Å². The van der Waals surface area contributed by atoms with Crippen LogP contribution in [0.4, 0.5) is 0 Å². The van der Waals surface area contributed by atoms with Crippen molar-refractivity contribution in [1.29, 1.82) is 5.26 Å². The fourth-order valence-electron chi connectivity index (χ4n) is 1.92. The van der Waals surface area contributed by atoms with Crippen LogP contribution in [0, 0.1) is 18.3 Å². The van der Waals surface area contributed by atoms with Gasteiger partial charge in [0.25, 0.3) is 5.89 Å². The van der Waals surface area contributed by atoms with Crippen LogP contribution >= 0.6 is 0 Å². The summed E-state index contributed by atoms with van der Waals surface area (Å²) in [4.78, 5) is 8.23. The van der Waals surface area contributed by atoms with Crippen molar-refractivity contribution in [3.8, 4) is 17.5 Å². The largest absolute Gasteiger partial charge is 0.333 e. The van der Waals surface area contributed by atoms with Gasteiger partial charge in [0.1, 0.15) is 11.6 Å². The molecule has 0 spiro atoms. The smallest absolute Gasteiger partial charge is 0.268 e. The molecule has 2 aromatic heterocycles. The molecule has 5 heteroatoms. The molecule has 0 saturated carbocycles. The maximum Gasteiger partial charge on any atom is 0.268 e. The van der Waals surface area contributed by atoms with Gasteiger partial charge in [-0.15, -0.1) is 0 Å². The minimum atomic E-state index is 0.204. The lowest BCUT2D eigenvalue weighted by atomic mass is 10.1. The van der Waals surface area contributed by atoms with Gasteiger partial charge in [-0.2, -0.15) is 10.2 Å². The first-order valence-electron chi connectivity index (χ1n) is 6.69. The highest BCUT2D eigenvalue weighted by Crippen LogP contribution is 2.21. The number of aromatic nitrogens is 3. The van der Waals surface area contributed by atoms with Gasteiger partial charge in [0.2, 0.25) is 5.82 Å². The zero-order chi connectivity index (χ0) is 15.4. The Morgan fingerprint density at radius 1 is 1.14 bits per heavy atom. The molecule has 0 saturated heterocycles. The maximum atomic E-state index is 9.30. The fourth-order valence-corrected chi connectivity index (χ4v) is 1.92. The third-order valence-electron chi connectivity index (χ3n) is 3.10. The van der Waals surface area contributed by atoms with Crippen molar-refractivity contribution in [2.75, 3.05) is 0 Å². The van der Waals surface area contributed by atoms with Crippen LogP contribution in [-0.2, 0) is 0 Å². The van der Waals surface area contributed by atoms with E-state index < -0.39 is 0 Å². The molecular weight excluding hydrogens is 276 g/mol. The number of rotatable bonds is 3. The number of aryl methyl sites for hydroxylation is 1. The Balaban J connectivity index is 1.94. The van der Waals surface area contributed by atoms with Gasteiger partial charge in [-0.3, -0.25) is 4.98 Å². The molecular formula is C17H12N4O. The standard InChI is InChI=1S/C17H12N4O/c1-12-2-4-14(5-3-12)16-20-17(22-21-16)15(11-18)10-13-6-8-19-9-7-13/h2-10H,1H3/b15-10-. The molecule has 0 amide bonds. The molecule has 5 nitrogen and oxygen atoms in total. The highest BCUT2D eigenvalue weighted by Gasteiger charge is 2.12. The first kappa shape index (κ1) is 13.7. The Bertz CT molecular complexity index is 842. The van der Waals surface area contributed by atoms with Gasteiger partial charge in [-0.25, -0.2) is 0 Å². The van der Waals surface area contributed by atoms with E-state index in [0.29, 0.717) is 11.4 Å². The summed E-state index contributed by atoms with van der Waals surface area (Å²) >= 11 is 0. The molecule has 0 fully saturated rings. The fraction of sp³-hybridized carbons (Fsp3) is 0.0588. The van der Waals surface area contributed by atoms with Crippen LogP contribution in [-0.4, -0.2) is 15.1 Å². The quantitative estimate of drug-likeness (QED) is 0.689. The molecule has 2 heterocycles. The van der Waals surface area contributed by atoms with Gasteiger partial charge in [0.15, 0.2) is 0 Å². The highest BCUT2D eigenvalue weighted by atomic mass is 16.5. The van der Waals surface area contributed by atoms with Crippen LogP contribution in [0.5, 0.6) is 0 Å². The predicted molar refractivity (Wildman–Crippen MR) is 82.2 cm³/mol. The van der Waals surface area contributed by atoms with Gasteiger partial charge in [0, 0.05) is 18.0 Å². The zero-order valence-corrected chi connectivity index (χ0v) is 11.9. The van der Waals surface area contributed by atoms with Gasteiger partial charge in [0.05, 0.1) is 0 Å². The minimum Gasteiger partial charge on any atom is -0.333 e. The number of nitriles is 1. The molecule has 106 valence electrons. The molecule has 22 heavy (non-hydrogen) atoms. The first-order chi connectivity index (χ1) is 10.8. The molecule has 3 aromatic rings. The van der Waals surface area contributed by atoms with Gasteiger partial charge < -0.3 is 4.52 Å². The number of allylic oxidation sites excluding steroid dienone is 1. The summed E-state index contributed by atoms with van der Waals surface area (Å²) in [7, 11) is 0. The van der Waals surface area contributed by atoms with Crippen molar-refractivity contribution in [3.05, 3.63) is 65.8 Å². The lowest BCUT2D eigenvalue weighted by Gasteiger charge is -1.94.